The largest absolute Gasteiger partial charge is 0.484 e. The normalized spacial score (nSPS) is 11.0. The molecule has 0 aliphatic heterocycles. The van der Waals surface area contributed by atoms with E-state index in [4.69, 9.17) is 4.74 Å². The molecule has 5 nitrogen and oxygen atoms in total. The molecule has 0 unspecified atom stereocenters. The molecular weight excluding hydrogens is 413 g/mol. The summed E-state index contributed by atoms with van der Waals surface area (Å²) < 4.78 is 43.0. The van der Waals surface area contributed by atoms with Gasteiger partial charge in [0.1, 0.15) is 5.75 Å². The molecule has 0 bridgehead atoms. The number of hydrazine groups is 1. The smallest absolute Gasteiger partial charge is 0.416 e. The summed E-state index contributed by atoms with van der Waals surface area (Å²) in [7, 11) is 0. The zero-order chi connectivity index (χ0) is 17.7. The molecule has 2 N–H and O–H groups in total. The fourth-order valence-corrected chi connectivity index (χ4v) is 2.83. The minimum Gasteiger partial charge on any atom is -0.484 e. The molecule has 2 amide bonds. The monoisotopic (exact) mass is 422 g/mol. The van der Waals surface area contributed by atoms with Crippen molar-refractivity contribution in [3.63, 3.8) is 0 Å². The number of carbonyl (C=O) groups excluding carboxylic acids is 2. The van der Waals surface area contributed by atoms with Crippen molar-refractivity contribution in [2.24, 2.45) is 0 Å². The van der Waals surface area contributed by atoms with Crippen molar-refractivity contribution in [2.45, 2.75) is 6.18 Å². The second kappa shape index (κ2) is 7.67. The number of ether oxygens (including phenoxy) is 1. The van der Waals surface area contributed by atoms with E-state index in [-0.39, 0.29) is 5.75 Å². The Balaban J connectivity index is 1.78. The molecule has 0 atom stereocenters. The Morgan fingerprint density at radius 1 is 1.08 bits per heavy atom. The molecule has 24 heavy (non-hydrogen) atoms. The highest BCUT2D eigenvalue weighted by molar-refractivity contribution is 9.11. The standard InChI is InChI=1S/C14H10BrF3N2O3S/c15-11-6-5-10(24-11)13(22)20-19-12(21)7-23-9-3-1-8(2-4-9)14(16,17)18/h1-6H,7H2,(H,19,21)(H,20,22). The summed E-state index contributed by atoms with van der Waals surface area (Å²) in [5.74, 6) is -1.04. The van der Waals surface area contributed by atoms with Crippen LogP contribution in [-0.4, -0.2) is 18.4 Å². The van der Waals surface area contributed by atoms with E-state index in [0.29, 0.717) is 4.88 Å². The van der Waals surface area contributed by atoms with Crippen molar-refractivity contribution in [1.82, 2.24) is 10.9 Å². The van der Waals surface area contributed by atoms with E-state index >= 15 is 0 Å². The third-order valence-electron chi connectivity index (χ3n) is 2.66. The van der Waals surface area contributed by atoms with E-state index < -0.39 is 30.2 Å². The Morgan fingerprint density at radius 3 is 2.29 bits per heavy atom. The fourth-order valence-electron chi connectivity index (χ4n) is 1.55. The molecule has 0 aliphatic carbocycles. The number of halogens is 4. The average molecular weight is 423 g/mol. The van der Waals surface area contributed by atoms with Gasteiger partial charge in [-0.05, 0) is 52.3 Å². The number of hydrogen-bond donors (Lipinski definition) is 2. The maximum Gasteiger partial charge on any atom is 0.416 e. The molecule has 1 heterocycles. The van der Waals surface area contributed by atoms with E-state index in [0.717, 1.165) is 28.1 Å². The number of benzene rings is 1. The minimum absolute atomic E-state index is 0.103. The van der Waals surface area contributed by atoms with Gasteiger partial charge in [-0.15, -0.1) is 11.3 Å². The van der Waals surface area contributed by atoms with Crippen LogP contribution in [0.1, 0.15) is 15.2 Å². The maximum atomic E-state index is 12.4. The topological polar surface area (TPSA) is 67.4 Å². The van der Waals surface area contributed by atoms with Crippen LogP contribution in [0.2, 0.25) is 0 Å². The number of amides is 2. The Hall–Kier alpha value is -2.07. The second-order valence-electron chi connectivity index (χ2n) is 4.42. The van der Waals surface area contributed by atoms with Gasteiger partial charge in [-0.1, -0.05) is 0 Å². The van der Waals surface area contributed by atoms with Crippen LogP contribution in [-0.2, 0) is 11.0 Å². The highest BCUT2D eigenvalue weighted by Crippen LogP contribution is 2.30. The molecule has 1 aromatic heterocycles. The van der Waals surface area contributed by atoms with Gasteiger partial charge < -0.3 is 4.74 Å². The molecule has 0 saturated carbocycles. The van der Waals surface area contributed by atoms with Crippen LogP contribution < -0.4 is 15.6 Å². The summed E-state index contributed by atoms with van der Waals surface area (Å²) in [5, 5.41) is 0. The predicted octanol–water partition coefficient (Wildman–Crippen LogP) is 3.37. The first-order valence-corrected chi connectivity index (χ1v) is 8.01. The van der Waals surface area contributed by atoms with Gasteiger partial charge in [0.25, 0.3) is 11.8 Å². The summed E-state index contributed by atoms with van der Waals surface area (Å²) in [5.41, 5.74) is 3.53. The zero-order valence-corrected chi connectivity index (χ0v) is 14.2. The second-order valence-corrected chi connectivity index (χ2v) is 6.88. The van der Waals surface area contributed by atoms with Crippen molar-refractivity contribution >= 4 is 39.1 Å². The SMILES string of the molecule is O=C(COc1ccc(C(F)(F)F)cc1)NNC(=O)c1ccc(Br)s1. The zero-order valence-electron chi connectivity index (χ0n) is 11.8. The number of nitrogens with one attached hydrogen (secondary N) is 2. The third-order valence-corrected chi connectivity index (χ3v) is 4.29. The van der Waals surface area contributed by atoms with Crippen LogP contribution in [0.15, 0.2) is 40.2 Å². The molecule has 2 aromatic rings. The molecule has 0 saturated heterocycles. The van der Waals surface area contributed by atoms with Gasteiger partial charge in [0.2, 0.25) is 0 Å². The van der Waals surface area contributed by atoms with Gasteiger partial charge >= 0.3 is 6.18 Å². The van der Waals surface area contributed by atoms with E-state index in [9.17, 15) is 22.8 Å². The predicted molar refractivity (Wildman–Crippen MR) is 84.6 cm³/mol. The quantitative estimate of drug-likeness (QED) is 0.742. The van der Waals surface area contributed by atoms with E-state index in [1.54, 1.807) is 12.1 Å². The summed E-state index contributed by atoms with van der Waals surface area (Å²) in [6.45, 7) is -0.459. The third kappa shape index (κ3) is 5.24. The van der Waals surface area contributed by atoms with Crippen LogP contribution in [0.3, 0.4) is 0 Å². The molecule has 0 radical (unpaired) electrons. The summed E-state index contributed by atoms with van der Waals surface area (Å²) in [4.78, 5) is 23.6. The van der Waals surface area contributed by atoms with Gasteiger partial charge in [0, 0.05) is 0 Å². The molecule has 0 fully saturated rings. The molecule has 2 rings (SSSR count). The van der Waals surface area contributed by atoms with Gasteiger partial charge in [-0.2, -0.15) is 13.2 Å². The van der Waals surface area contributed by atoms with Crippen LogP contribution in [0.25, 0.3) is 0 Å². The Morgan fingerprint density at radius 2 is 1.75 bits per heavy atom. The first-order valence-electron chi connectivity index (χ1n) is 6.40. The van der Waals surface area contributed by atoms with Crippen LogP contribution in [0.5, 0.6) is 5.75 Å². The fraction of sp³-hybridized carbons (Fsp3) is 0.143. The number of hydrogen-bond acceptors (Lipinski definition) is 4. The lowest BCUT2D eigenvalue weighted by Gasteiger charge is -2.10. The van der Waals surface area contributed by atoms with E-state index in [1.165, 1.54) is 11.3 Å². The molecule has 10 heteroatoms. The van der Waals surface area contributed by atoms with Crippen molar-refractivity contribution in [2.75, 3.05) is 6.61 Å². The minimum atomic E-state index is -4.43. The number of carbonyl (C=O) groups is 2. The Bertz CT molecular complexity index is 732. The molecule has 0 spiro atoms. The van der Waals surface area contributed by atoms with Crippen LogP contribution in [0, 0.1) is 0 Å². The first kappa shape index (κ1) is 18.3. The number of alkyl halides is 3. The highest BCUT2D eigenvalue weighted by atomic mass is 79.9. The lowest BCUT2D eigenvalue weighted by Crippen LogP contribution is -2.43. The van der Waals surface area contributed by atoms with Crippen molar-refractivity contribution in [1.29, 1.82) is 0 Å². The van der Waals surface area contributed by atoms with Gasteiger partial charge in [0.05, 0.1) is 14.2 Å². The van der Waals surface area contributed by atoms with Crippen LogP contribution in [0.4, 0.5) is 13.2 Å². The van der Waals surface area contributed by atoms with Crippen molar-refractivity contribution in [3.8, 4) is 5.75 Å². The summed E-state index contributed by atoms with van der Waals surface area (Å²) in [6, 6.07) is 7.19. The lowest BCUT2D eigenvalue weighted by atomic mass is 10.2. The Kier molecular flexibility index (Phi) is 5.84. The number of rotatable bonds is 4. The van der Waals surface area contributed by atoms with Crippen LogP contribution >= 0.6 is 27.3 Å². The first-order chi connectivity index (χ1) is 11.3. The van der Waals surface area contributed by atoms with E-state index in [1.807, 2.05) is 0 Å². The molecule has 0 aliphatic rings. The molecular formula is C14H10BrF3N2O3S. The Labute approximate surface area is 146 Å². The summed E-state index contributed by atoms with van der Waals surface area (Å²) >= 11 is 4.40. The van der Waals surface area contributed by atoms with Gasteiger partial charge in [0.15, 0.2) is 6.61 Å². The van der Waals surface area contributed by atoms with E-state index in [2.05, 4.69) is 26.8 Å². The lowest BCUT2D eigenvalue weighted by molar-refractivity contribution is -0.137. The average Bonchev–Trinajstić information content (AvgIpc) is 2.96. The number of thiophene rings is 1. The molecule has 1 aromatic carbocycles. The maximum absolute atomic E-state index is 12.4. The van der Waals surface area contributed by atoms with Gasteiger partial charge in [-0.25, -0.2) is 0 Å². The molecule has 128 valence electrons. The highest BCUT2D eigenvalue weighted by Gasteiger charge is 2.30. The van der Waals surface area contributed by atoms with Gasteiger partial charge in [-0.3, -0.25) is 20.4 Å². The summed E-state index contributed by atoms with van der Waals surface area (Å²) in [6.07, 6.45) is -4.43. The van der Waals surface area contributed by atoms with Crippen molar-refractivity contribution < 1.29 is 27.5 Å². The van der Waals surface area contributed by atoms with Crippen molar-refractivity contribution in [3.05, 3.63) is 50.6 Å².